The first kappa shape index (κ1) is 15.6. The van der Waals surface area contributed by atoms with E-state index in [9.17, 15) is 13.2 Å². The Balaban J connectivity index is 2.98. The van der Waals surface area contributed by atoms with Crippen molar-refractivity contribution < 1.29 is 13.2 Å². The van der Waals surface area contributed by atoms with Crippen LogP contribution in [0.4, 0.5) is 5.69 Å². The van der Waals surface area contributed by atoms with E-state index in [4.69, 9.17) is 5.73 Å². The molecule has 106 valence electrons. The fourth-order valence-electron chi connectivity index (χ4n) is 1.65. The highest BCUT2D eigenvalue weighted by molar-refractivity contribution is 7.89. The fourth-order valence-corrected chi connectivity index (χ4v) is 3.12. The van der Waals surface area contributed by atoms with E-state index in [1.54, 1.807) is 19.1 Å². The number of amides is 1. The molecule has 0 radical (unpaired) electrons. The van der Waals surface area contributed by atoms with Gasteiger partial charge in [0.1, 0.15) is 0 Å². The van der Waals surface area contributed by atoms with Crippen molar-refractivity contribution >= 4 is 21.6 Å². The molecule has 19 heavy (non-hydrogen) atoms. The molecule has 0 aromatic heterocycles. The third-order valence-electron chi connectivity index (χ3n) is 2.54. The molecule has 0 fully saturated rings. The lowest BCUT2D eigenvalue weighted by Crippen LogP contribution is -2.35. The molecule has 0 aliphatic carbocycles. The first-order valence-electron chi connectivity index (χ1n) is 5.99. The summed E-state index contributed by atoms with van der Waals surface area (Å²) in [6, 6.07) is 6.06. The van der Waals surface area contributed by atoms with Crippen molar-refractivity contribution in [2.24, 2.45) is 5.73 Å². The first-order chi connectivity index (χ1) is 8.91. The minimum atomic E-state index is -3.52. The summed E-state index contributed by atoms with van der Waals surface area (Å²) in [5, 5.41) is 2.58. The maximum atomic E-state index is 12.3. The second kappa shape index (κ2) is 6.65. The predicted octanol–water partition coefficient (Wildman–Crippen LogP) is 0.614. The summed E-state index contributed by atoms with van der Waals surface area (Å²) < 4.78 is 25.9. The summed E-state index contributed by atoms with van der Waals surface area (Å²) >= 11 is 0. The number of nitrogens with one attached hydrogen (secondary N) is 1. The summed E-state index contributed by atoms with van der Waals surface area (Å²) in [7, 11) is -3.52. The van der Waals surface area contributed by atoms with Crippen LogP contribution in [0.25, 0.3) is 0 Å². The largest absolute Gasteiger partial charge is 0.329 e. The van der Waals surface area contributed by atoms with E-state index < -0.39 is 10.0 Å². The average Bonchev–Trinajstić information content (AvgIpc) is 2.35. The van der Waals surface area contributed by atoms with E-state index in [1.807, 2.05) is 0 Å². The zero-order valence-electron chi connectivity index (χ0n) is 11.1. The molecule has 0 saturated heterocycles. The molecule has 0 atom stereocenters. The predicted molar refractivity (Wildman–Crippen MR) is 74.2 cm³/mol. The van der Waals surface area contributed by atoms with Crippen LogP contribution in [-0.4, -0.2) is 38.3 Å². The highest BCUT2D eigenvalue weighted by Crippen LogP contribution is 2.18. The molecule has 0 aliphatic rings. The van der Waals surface area contributed by atoms with Gasteiger partial charge >= 0.3 is 0 Å². The number of likely N-dealkylation sites (N-methyl/N-ethyl adjacent to an activating group) is 1. The number of benzene rings is 1. The molecular weight excluding hydrogens is 266 g/mol. The lowest BCUT2D eigenvalue weighted by Gasteiger charge is -2.19. The Morgan fingerprint density at radius 2 is 1.89 bits per heavy atom. The van der Waals surface area contributed by atoms with Crippen LogP contribution >= 0.6 is 0 Å². The lowest BCUT2D eigenvalue weighted by atomic mass is 10.3. The molecule has 3 N–H and O–H groups in total. The van der Waals surface area contributed by atoms with Crippen molar-refractivity contribution in [3.05, 3.63) is 24.3 Å². The van der Waals surface area contributed by atoms with Crippen LogP contribution in [0.1, 0.15) is 13.8 Å². The third-order valence-corrected chi connectivity index (χ3v) is 4.53. The maximum Gasteiger partial charge on any atom is 0.243 e. The molecule has 0 unspecified atom stereocenters. The molecular formula is C12H19N3O3S. The Morgan fingerprint density at radius 3 is 2.32 bits per heavy atom. The highest BCUT2D eigenvalue weighted by atomic mass is 32.2. The van der Waals surface area contributed by atoms with Gasteiger partial charge in [-0.3, -0.25) is 4.79 Å². The van der Waals surface area contributed by atoms with E-state index in [0.29, 0.717) is 12.2 Å². The van der Waals surface area contributed by atoms with Crippen LogP contribution in [0.5, 0.6) is 0 Å². The van der Waals surface area contributed by atoms with Crippen molar-refractivity contribution in [2.45, 2.75) is 18.7 Å². The van der Waals surface area contributed by atoms with Crippen LogP contribution in [-0.2, 0) is 14.8 Å². The molecule has 0 heterocycles. The normalized spacial score (nSPS) is 11.6. The van der Waals surface area contributed by atoms with E-state index in [1.165, 1.54) is 23.4 Å². The van der Waals surface area contributed by atoms with Crippen LogP contribution in [0.15, 0.2) is 29.2 Å². The maximum absolute atomic E-state index is 12.3. The smallest absolute Gasteiger partial charge is 0.243 e. The van der Waals surface area contributed by atoms with Gasteiger partial charge in [0.15, 0.2) is 0 Å². The van der Waals surface area contributed by atoms with Gasteiger partial charge in [-0.25, -0.2) is 8.42 Å². The number of nitrogens with zero attached hydrogens (tertiary/aromatic N) is 1. The summed E-state index contributed by atoms with van der Waals surface area (Å²) in [4.78, 5) is 11.1. The number of carbonyl (C=O) groups is 1. The minimum absolute atomic E-state index is 0.192. The van der Waals surface area contributed by atoms with Gasteiger partial charge < -0.3 is 11.1 Å². The van der Waals surface area contributed by atoms with Gasteiger partial charge in [-0.2, -0.15) is 4.31 Å². The zero-order chi connectivity index (χ0) is 14.5. The number of nitrogens with two attached hydrogens (primary N) is 1. The second-order valence-electron chi connectivity index (χ2n) is 3.99. The number of rotatable bonds is 6. The van der Waals surface area contributed by atoms with Gasteiger partial charge in [0.25, 0.3) is 0 Å². The number of hydrogen-bond acceptors (Lipinski definition) is 4. The number of sulfonamides is 1. The Kier molecular flexibility index (Phi) is 5.46. The first-order valence-corrected chi connectivity index (χ1v) is 7.43. The highest BCUT2D eigenvalue weighted by Gasteiger charge is 2.21. The van der Waals surface area contributed by atoms with Crippen LogP contribution < -0.4 is 11.1 Å². The van der Waals surface area contributed by atoms with Crippen molar-refractivity contribution in [3.8, 4) is 0 Å². The average molecular weight is 285 g/mol. The molecule has 0 spiro atoms. The van der Waals surface area contributed by atoms with Crippen LogP contribution in [0, 0.1) is 0 Å². The monoisotopic (exact) mass is 285 g/mol. The van der Waals surface area contributed by atoms with E-state index >= 15 is 0 Å². The summed E-state index contributed by atoms with van der Waals surface area (Å²) in [5.74, 6) is -0.200. The topological polar surface area (TPSA) is 92.5 Å². The van der Waals surface area contributed by atoms with Crippen molar-refractivity contribution in [3.63, 3.8) is 0 Å². The van der Waals surface area contributed by atoms with E-state index in [-0.39, 0.29) is 23.9 Å². The number of hydrogen-bond donors (Lipinski definition) is 2. The zero-order valence-corrected chi connectivity index (χ0v) is 11.9. The number of carbonyl (C=O) groups excluding carboxylic acids is 1. The van der Waals surface area contributed by atoms with Gasteiger partial charge in [-0.15, -0.1) is 0 Å². The van der Waals surface area contributed by atoms with Gasteiger partial charge in [0, 0.05) is 32.2 Å². The Hall–Kier alpha value is -1.44. The van der Waals surface area contributed by atoms with Gasteiger partial charge in [0.2, 0.25) is 15.9 Å². The molecule has 6 nitrogen and oxygen atoms in total. The van der Waals surface area contributed by atoms with Gasteiger partial charge in [0.05, 0.1) is 4.90 Å². The van der Waals surface area contributed by atoms with Crippen molar-refractivity contribution in [1.82, 2.24) is 4.31 Å². The lowest BCUT2D eigenvalue weighted by molar-refractivity contribution is -0.114. The Bertz CT molecular complexity index is 526. The quantitative estimate of drug-likeness (QED) is 0.801. The molecule has 1 amide bonds. The van der Waals surface area contributed by atoms with Crippen molar-refractivity contribution in [1.29, 1.82) is 0 Å². The third kappa shape index (κ3) is 4.02. The number of anilines is 1. The summed E-state index contributed by atoms with van der Waals surface area (Å²) in [5.41, 5.74) is 5.97. The minimum Gasteiger partial charge on any atom is -0.329 e. The van der Waals surface area contributed by atoms with Crippen LogP contribution in [0.2, 0.25) is 0 Å². The van der Waals surface area contributed by atoms with Gasteiger partial charge in [-0.1, -0.05) is 6.92 Å². The molecule has 1 aromatic rings. The molecule has 1 rings (SSSR count). The van der Waals surface area contributed by atoms with Crippen molar-refractivity contribution in [2.75, 3.05) is 25.0 Å². The SMILES string of the molecule is CCN(CCN)S(=O)(=O)c1ccc(NC(C)=O)cc1. The van der Waals surface area contributed by atoms with E-state index in [0.717, 1.165) is 0 Å². The molecule has 7 heteroatoms. The Labute approximate surface area is 113 Å². The summed E-state index contributed by atoms with van der Waals surface area (Å²) in [6.07, 6.45) is 0. The fraction of sp³-hybridized carbons (Fsp3) is 0.417. The molecule has 1 aromatic carbocycles. The summed E-state index contributed by atoms with van der Waals surface area (Å²) in [6.45, 7) is 4.08. The van der Waals surface area contributed by atoms with E-state index in [2.05, 4.69) is 5.32 Å². The van der Waals surface area contributed by atoms with Gasteiger partial charge in [-0.05, 0) is 24.3 Å². The standard InChI is InChI=1S/C12H19N3O3S/c1-3-15(9-8-13)19(17,18)12-6-4-11(5-7-12)14-10(2)16/h4-7H,3,8-9,13H2,1-2H3,(H,14,16). The Morgan fingerprint density at radius 1 is 1.32 bits per heavy atom. The van der Waals surface area contributed by atoms with Crippen LogP contribution in [0.3, 0.4) is 0 Å². The molecule has 0 aliphatic heterocycles. The molecule has 0 bridgehead atoms. The molecule has 0 saturated carbocycles. The second-order valence-corrected chi connectivity index (χ2v) is 5.93.